The minimum absolute atomic E-state index is 0.189. The number of amides is 1. The number of benzene rings is 4. The van der Waals surface area contributed by atoms with E-state index in [1.807, 2.05) is 0 Å². The third-order valence-corrected chi connectivity index (χ3v) is 10.9. The molecule has 0 saturated carbocycles. The smallest absolute Gasteiger partial charge is 0.491 e. The first kappa shape index (κ1) is 37.2. The summed E-state index contributed by atoms with van der Waals surface area (Å²) in [5, 5.41) is 0.696. The minimum atomic E-state index is -5.82. The Morgan fingerprint density at radius 1 is 0.827 bits per heavy atom. The number of ether oxygens (including phenoxy) is 1. The molecule has 9 nitrogen and oxygen atoms in total. The largest absolute Gasteiger partial charge is 0.492 e. The van der Waals surface area contributed by atoms with Crippen molar-refractivity contribution in [2.24, 2.45) is 5.73 Å². The molecule has 4 aromatic carbocycles. The number of carbonyl (C=O) groups excluding carboxylic acids is 2. The van der Waals surface area contributed by atoms with Crippen molar-refractivity contribution in [1.29, 1.82) is 0 Å². The molecule has 2 aliphatic rings. The first-order valence-electron chi connectivity index (χ1n) is 16.6. The highest BCUT2D eigenvalue weighted by Gasteiger charge is 2.60. The molecule has 15 heteroatoms. The molecule has 6 rings (SSSR count). The van der Waals surface area contributed by atoms with Crippen molar-refractivity contribution in [1.82, 2.24) is 9.37 Å². The lowest BCUT2D eigenvalue weighted by Crippen LogP contribution is -2.62. The number of nitrogens with two attached hydrogens (primary N) is 1. The summed E-state index contributed by atoms with van der Waals surface area (Å²) < 4.78 is 109. The molecule has 0 radical (unpaired) electrons. The van der Waals surface area contributed by atoms with E-state index in [1.165, 1.54) is 30.3 Å². The van der Waals surface area contributed by atoms with Gasteiger partial charge >= 0.3 is 18.1 Å². The quantitative estimate of drug-likeness (QED) is 0.138. The first-order valence-corrected chi connectivity index (χ1v) is 18.1. The molecule has 276 valence electrons. The van der Waals surface area contributed by atoms with E-state index in [0.717, 1.165) is 29.2 Å². The van der Waals surface area contributed by atoms with Gasteiger partial charge in [0.15, 0.2) is 0 Å². The predicted octanol–water partition coefficient (Wildman–Crippen LogP) is 6.95. The van der Waals surface area contributed by atoms with Gasteiger partial charge < -0.3 is 20.2 Å². The van der Waals surface area contributed by atoms with Gasteiger partial charge in [-0.3, -0.25) is 4.79 Å². The van der Waals surface area contributed by atoms with Gasteiger partial charge in [0.2, 0.25) is 6.04 Å². The maximum absolute atomic E-state index is 17.1. The van der Waals surface area contributed by atoms with Crippen LogP contribution in [-0.2, 0) is 30.4 Å². The van der Waals surface area contributed by atoms with Gasteiger partial charge in [0, 0.05) is 23.7 Å². The van der Waals surface area contributed by atoms with E-state index in [2.05, 4.69) is 4.84 Å². The zero-order chi connectivity index (χ0) is 37.6. The van der Waals surface area contributed by atoms with Crippen molar-refractivity contribution in [3.8, 4) is 16.9 Å². The number of hydroxylamine groups is 1. The van der Waals surface area contributed by atoms with Crippen molar-refractivity contribution in [3.63, 3.8) is 0 Å². The van der Waals surface area contributed by atoms with E-state index in [0.29, 0.717) is 35.1 Å². The monoisotopic (exact) mass is 745 g/mol. The van der Waals surface area contributed by atoms with Crippen LogP contribution in [0.1, 0.15) is 45.1 Å². The van der Waals surface area contributed by atoms with Crippen LogP contribution in [-0.4, -0.2) is 66.1 Å². The molecule has 2 fully saturated rings. The molecule has 2 bridgehead atoms. The Balaban J connectivity index is 1.49. The van der Waals surface area contributed by atoms with Crippen molar-refractivity contribution in [2.75, 3.05) is 0 Å². The molecular weight excluding hydrogens is 709 g/mol. The Kier molecular flexibility index (Phi) is 10.1. The van der Waals surface area contributed by atoms with E-state index in [4.69, 9.17) is 10.5 Å². The van der Waals surface area contributed by atoms with Crippen LogP contribution in [0.2, 0.25) is 0 Å². The van der Waals surface area contributed by atoms with Crippen molar-refractivity contribution in [2.45, 2.75) is 86.8 Å². The van der Waals surface area contributed by atoms with Crippen LogP contribution < -0.4 is 10.5 Å². The van der Waals surface area contributed by atoms with Gasteiger partial charge in [-0.2, -0.15) is 22.0 Å². The highest BCUT2D eigenvalue weighted by atomic mass is 32.2. The number of carbonyl (C=O) groups is 2. The van der Waals surface area contributed by atoms with E-state index < -0.39 is 67.1 Å². The maximum atomic E-state index is 17.1. The van der Waals surface area contributed by atoms with Gasteiger partial charge in [-0.15, -0.1) is 0 Å². The minimum Gasteiger partial charge on any atom is -0.491 e. The second-order valence-electron chi connectivity index (χ2n) is 13.3. The molecule has 4 aromatic rings. The van der Waals surface area contributed by atoms with E-state index in [9.17, 15) is 31.2 Å². The average molecular weight is 746 g/mol. The number of nitrogens with zero attached hydrogens (tertiary/aromatic N) is 2. The van der Waals surface area contributed by atoms with Crippen LogP contribution in [0.4, 0.5) is 22.0 Å². The third kappa shape index (κ3) is 7.34. The van der Waals surface area contributed by atoms with Crippen molar-refractivity contribution >= 4 is 32.7 Å². The predicted molar refractivity (Wildman–Crippen MR) is 181 cm³/mol. The number of sulfonamides is 1. The van der Waals surface area contributed by atoms with E-state index >= 15 is 8.78 Å². The number of piperidine rings is 1. The molecule has 2 N–H and O–H groups in total. The summed E-state index contributed by atoms with van der Waals surface area (Å²) >= 11 is 0. The number of hydrogen-bond donors (Lipinski definition) is 1. The van der Waals surface area contributed by atoms with Crippen molar-refractivity contribution < 1.29 is 49.5 Å². The molecule has 52 heavy (non-hydrogen) atoms. The standard InChI is InChI=1S/C37H36F5N3O6S/c1-22(2)50-31-16-10-26-19-32(17-11-25(26)18-31)52(48,49)45(51-35(47)37(40,41)42)33(34(46)44-29-14-15-30(44)21-28(43)20-29)36(38,39)27-12-8-24(9-13-27)23-6-4-3-5-7-23/h3-13,16-19,22,28-30,33H,14-15,20-21,43H2,1-2H3/t28?,29?,30?,33-/m0/s1. The summed E-state index contributed by atoms with van der Waals surface area (Å²) in [6.45, 7) is 3.59. The summed E-state index contributed by atoms with van der Waals surface area (Å²) in [7, 11) is -5.62. The lowest BCUT2D eigenvalue weighted by Gasteiger charge is -2.42. The molecule has 3 atom stereocenters. The summed E-state index contributed by atoms with van der Waals surface area (Å²) in [5.74, 6) is -8.72. The van der Waals surface area contributed by atoms with Crippen LogP contribution in [0.25, 0.3) is 21.9 Å². The Hall–Kier alpha value is -4.60. The molecular formula is C37H36F5N3O6S. The summed E-state index contributed by atoms with van der Waals surface area (Å²) in [6, 6.07) is 16.0. The molecule has 2 unspecified atom stereocenters. The summed E-state index contributed by atoms with van der Waals surface area (Å²) in [4.78, 5) is 31.5. The lowest BCUT2D eigenvalue weighted by atomic mass is 9.94. The van der Waals surface area contributed by atoms with Gasteiger partial charge in [0.25, 0.3) is 15.9 Å². The zero-order valence-corrected chi connectivity index (χ0v) is 28.9. The fraction of sp³-hybridized carbons (Fsp3) is 0.351. The van der Waals surface area contributed by atoms with Crippen LogP contribution >= 0.6 is 0 Å². The second kappa shape index (κ2) is 14.1. The highest BCUT2D eigenvalue weighted by molar-refractivity contribution is 7.89. The van der Waals surface area contributed by atoms with Crippen LogP contribution in [0.15, 0.2) is 95.9 Å². The average Bonchev–Trinajstić information content (AvgIpc) is 3.37. The van der Waals surface area contributed by atoms with Gasteiger partial charge in [-0.1, -0.05) is 66.7 Å². The van der Waals surface area contributed by atoms with Gasteiger partial charge in [-0.25, -0.2) is 13.2 Å². The third-order valence-electron chi connectivity index (χ3n) is 9.28. The molecule has 1 amide bonds. The normalized spacial score (nSPS) is 20.0. The van der Waals surface area contributed by atoms with Crippen LogP contribution in [0, 0.1) is 0 Å². The van der Waals surface area contributed by atoms with Crippen LogP contribution in [0.3, 0.4) is 0 Å². The first-order chi connectivity index (χ1) is 24.5. The number of halogens is 5. The molecule has 2 heterocycles. The molecule has 0 spiro atoms. The summed E-state index contributed by atoms with van der Waals surface area (Å²) in [5.41, 5.74) is 6.40. The highest BCUT2D eigenvalue weighted by Crippen LogP contribution is 2.43. The SMILES string of the molecule is CC(C)Oc1ccc2cc(S(=O)(=O)N(OC(=O)C(F)(F)F)[C@@H](C(=O)N3C4CCC3CC(N)C4)C(F)(F)c3ccc(-c4ccccc4)cc3)ccc2c1. The molecule has 2 saturated heterocycles. The molecule has 0 aliphatic carbocycles. The topological polar surface area (TPSA) is 119 Å². The van der Waals surface area contributed by atoms with Gasteiger partial charge in [0.1, 0.15) is 5.75 Å². The number of fused-ring (bicyclic) bond motifs is 3. The Morgan fingerprint density at radius 3 is 2.00 bits per heavy atom. The number of hydrogen-bond acceptors (Lipinski definition) is 7. The molecule has 2 aliphatic heterocycles. The Morgan fingerprint density at radius 2 is 1.40 bits per heavy atom. The Labute approximate surface area is 297 Å². The molecule has 0 aromatic heterocycles. The Bertz CT molecular complexity index is 2050. The zero-order valence-electron chi connectivity index (χ0n) is 28.1. The summed E-state index contributed by atoms with van der Waals surface area (Å²) in [6.07, 6.45) is -4.89. The number of alkyl halides is 5. The fourth-order valence-electron chi connectivity index (χ4n) is 6.96. The lowest BCUT2D eigenvalue weighted by molar-refractivity contribution is -0.240. The fourth-order valence-corrected chi connectivity index (χ4v) is 8.35. The van der Waals surface area contributed by atoms with E-state index in [1.54, 1.807) is 50.2 Å². The van der Waals surface area contributed by atoms with Gasteiger partial charge in [0.05, 0.1) is 11.0 Å². The van der Waals surface area contributed by atoms with E-state index in [-0.39, 0.29) is 30.4 Å². The van der Waals surface area contributed by atoms with Crippen molar-refractivity contribution in [3.05, 3.63) is 96.6 Å². The number of rotatable bonds is 10. The van der Waals surface area contributed by atoms with Gasteiger partial charge in [-0.05, 0) is 90.2 Å². The second-order valence-corrected chi connectivity index (χ2v) is 15.1. The van der Waals surface area contributed by atoms with Crippen LogP contribution in [0.5, 0.6) is 5.75 Å². The maximum Gasteiger partial charge on any atom is 0.492 e.